The number of piperidine rings is 1. The van der Waals surface area contributed by atoms with E-state index in [4.69, 9.17) is 9.26 Å². The molecule has 1 saturated heterocycles. The molecule has 0 saturated carbocycles. The molecule has 0 spiro atoms. The number of hydrogen-bond acceptors (Lipinski definition) is 5. The smallest absolute Gasteiger partial charge is 0.231 e. The summed E-state index contributed by atoms with van der Waals surface area (Å²) in [5.41, 5.74) is 0.857. The molecule has 6 heteroatoms. The number of carbonyl (C=O) groups excluding carboxylic acids is 1. The Morgan fingerprint density at radius 2 is 2.25 bits per heavy atom. The highest BCUT2D eigenvalue weighted by Gasteiger charge is 2.29. The van der Waals surface area contributed by atoms with Crippen molar-refractivity contribution in [1.29, 1.82) is 0 Å². The molecule has 1 amide bonds. The molecule has 2 aromatic rings. The molecule has 0 unspecified atom stereocenters. The summed E-state index contributed by atoms with van der Waals surface area (Å²) in [6.07, 6.45) is 1.92. The molecule has 1 aliphatic heterocycles. The van der Waals surface area contributed by atoms with Crippen LogP contribution in [0.4, 0.5) is 0 Å². The Morgan fingerprint density at radius 3 is 3.00 bits per heavy atom. The molecule has 0 aliphatic carbocycles. The number of aromatic nitrogens is 2. The zero-order valence-electron chi connectivity index (χ0n) is 14.4. The summed E-state index contributed by atoms with van der Waals surface area (Å²) in [6.45, 7) is 5.32. The van der Waals surface area contributed by atoms with E-state index in [0.717, 1.165) is 30.7 Å². The topological polar surface area (TPSA) is 68.5 Å². The van der Waals surface area contributed by atoms with E-state index < -0.39 is 0 Å². The number of hydrogen-bond donors (Lipinski definition) is 0. The van der Waals surface area contributed by atoms with Gasteiger partial charge in [-0.1, -0.05) is 31.1 Å². The molecule has 0 N–H and O–H groups in total. The first-order valence-corrected chi connectivity index (χ1v) is 8.35. The van der Waals surface area contributed by atoms with Gasteiger partial charge in [0.25, 0.3) is 0 Å². The van der Waals surface area contributed by atoms with E-state index in [1.807, 2.05) is 43.0 Å². The second kappa shape index (κ2) is 7.03. The molecule has 1 atom stereocenters. The Morgan fingerprint density at radius 1 is 1.42 bits per heavy atom. The van der Waals surface area contributed by atoms with Crippen LogP contribution in [0.2, 0.25) is 0 Å². The van der Waals surface area contributed by atoms with Crippen LogP contribution >= 0.6 is 0 Å². The highest BCUT2D eigenvalue weighted by molar-refractivity contribution is 5.78. The fraction of sp³-hybridized carbons (Fsp3) is 0.500. The van der Waals surface area contributed by atoms with Crippen LogP contribution in [0, 0.1) is 5.92 Å². The Bertz CT molecular complexity index is 711. The molecule has 0 bridgehead atoms. The summed E-state index contributed by atoms with van der Waals surface area (Å²) in [5.74, 6) is 2.22. The van der Waals surface area contributed by atoms with E-state index >= 15 is 0 Å². The quantitative estimate of drug-likeness (QED) is 0.862. The zero-order chi connectivity index (χ0) is 17.1. The lowest BCUT2D eigenvalue weighted by Crippen LogP contribution is -2.41. The molecule has 1 aliphatic rings. The van der Waals surface area contributed by atoms with Gasteiger partial charge in [-0.05, 0) is 25.0 Å². The van der Waals surface area contributed by atoms with Crippen molar-refractivity contribution < 1.29 is 14.1 Å². The van der Waals surface area contributed by atoms with Gasteiger partial charge >= 0.3 is 0 Å². The number of rotatable bonds is 4. The molecule has 3 rings (SSSR count). The zero-order valence-corrected chi connectivity index (χ0v) is 14.4. The van der Waals surface area contributed by atoms with Gasteiger partial charge in [-0.2, -0.15) is 4.98 Å². The van der Waals surface area contributed by atoms with Crippen molar-refractivity contribution >= 4 is 5.91 Å². The van der Waals surface area contributed by atoms with Crippen molar-refractivity contribution in [2.75, 3.05) is 20.2 Å². The lowest BCUT2D eigenvalue weighted by molar-refractivity contribution is -0.135. The first-order chi connectivity index (χ1) is 11.6. The molecule has 1 aromatic carbocycles. The van der Waals surface area contributed by atoms with Crippen molar-refractivity contribution in [3.63, 3.8) is 0 Å². The molecule has 128 valence electrons. The number of methoxy groups -OCH3 is 1. The summed E-state index contributed by atoms with van der Waals surface area (Å²) >= 11 is 0. The molecule has 1 fully saturated rings. The van der Waals surface area contributed by atoms with E-state index in [2.05, 4.69) is 10.1 Å². The minimum Gasteiger partial charge on any atom is -0.497 e. The predicted octanol–water partition coefficient (Wildman–Crippen LogP) is 3.11. The standard InChI is InChI=1S/C18H23N3O3/c1-12(2)18(22)21-9-5-7-14(11-21)17-19-16(20-24-17)13-6-4-8-15(10-13)23-3/h4,6,8,10,12,14H,5,7,9,11H2,1-3H3/t14-/m1/s1. The SMILES string of the molecule is COc1cccc(-c2noc([C@@H]3CCCN(C(=O)C(C)C)C3)n2)c1. The highest BCUT2D eigenvalue weighted by Crippen LogP contribution is 2.29. The van der Waals surface area contributed by atoms with Crippen molar-refractivity contribution in [2.45, 2.75) is 32.6 Å². The predicted molar refractivity (Wildman–Crippen MR) is 89.7 cm³/mol. The molecule has 24 heavy (non-hydrogen) atoms. The fourth-order valence-electron chi connectivity index (χ4n) is 3.02. The minimum atomic E-state index is 0.0128. The number of likely N-dealkylation sites (tertiary alicyclic amines) is 1. The third-order valence-electron chi connectivity index (χ3n) is 4.35. The van der Waals surface area contributed by atoms with Crippen molar-refractivity contribution in [3.8, 4) is 17.1 Å². The monoisotopic (exact) mass is 329 g/mol. The minimum absolute atomic E-state index is 0.0128. The molecule has 0 radical (unpaired) electrons. The summed E-state index contributed by atoms with van der Waals surface area (Å²) in [4.78, 5) is 18.7. The Labute approximate surface area is 141 Å². The molecule has 1 aromatic heterocycles. The molecular weight excluding hydrogens is 306 g/mol. The largest absolute Gasteiger partial charge is 0.497 e. The van der Waals surface area contributed by atoms with Crippen LogP contribution in [-0.4, -0.2) is 41.1 Å². The van der Waals surface area contributed by atoms with E-state index in [9.17, 15) is 4.79 Å². The van der Waals surface area contributed by atoms with Gasteiger partial charge in [-0.25, -0.2) is 0 Å². The molecule has 6 nitrogen and oxygen atoms in total. The summed E-state index contributed by atoms with van der Waals surface area (Å²) in [7, 11) is 1.63. The van der Waals surface area contributed by atoms with E-state index in [1.54, 1.807) is 7.11 Å². The third kappa shape index (κ3) is 3.42. The van der Waals surface area contributed by atoms with Crippen molar-refractivity contribution in [3.05, 3.63) is 30.2 Å². The summed E-state index contributed by atoms with van der Waals surface area (Å²) < 4.78 is 10.7. The van der Waals surface area contributed by atoms with Crippen LogP contribution in [0.1, 0.15) is 38.5 Å². The number of nitrogens with zero attached hydrogens (tertiary/aromatic N) is 3. The second-order valence-electron chi connectivity index (χ2n) is 6.47. The van der Waals surface area contributed by atoms with Gasteiger partial charge in [0.05, 0.1) is 13.0 Å². The second-order valence-corrected chi connectivity index (χ2v) is 6.47. The lowest BCUT2D eigenvalue weighted by Gasteiger charge is -2.32. The van der Waals surface area contributed by atoms with Crippen molar-refractivity contribution in [1.82, 2.24) is 15.0 Å². The number of benzene rings is 1. The van der Waals surface area contributed by atoms with Crippen LogP contribution in [0.3, 0.4) is 0 Å². The van der Waals surface area contributed by atoms with Gasteiger partial charge in [-0.15, -0.1) is 0 Å². The van der Waals surface area contributed by atoms with Crippen LogP contribution in [0.25, 0.3) is 11.4 Å². The van der Waals surface area contributed by atoms with E-state index in [-0.39, 0.29) is 17.7 Å². The number of carbonyl (C=O) groups is 1. The Hall–Kier alpha value is -2.37. The molecule has 2 heterocycles. The van der Waals surface area contributed by atoms with Crippen LogP contribution in [0.5, 0.6) is 5.75 Å². The highest BCUT2D eigenvalue weighted by atomic mass is 16.5. The lowest BCUT2D eigenvalue weighted by atomic mass is 9.97. The molecular formula is C18H23N3O3. The summed E-state index contributed by atoms with van der Waals surface area (Å²) in [6, 6.07) is 7.57. The fourth-order valence-corrected chi connectivity index (χ4v) is 3.02. The van der Waals surface area contributed by atoms with E-state index in [0.29, 0.717) is 18.3 Å². The first-order valence-electron chi connectivity index (χ1n) is 8.35. The van der Waals surface area contributed by atoms with Crippen LogP contribution in [0.15, 0.2) is 28.8 Å². The van der Waals surface area contributed by atoms with Gasteiger partial charge in [0.2, 0.25) is 17.6 Å². The number of amides is 1. The van der Waals surface area contributed by atoms with Gasteiger partial charge in [0, 0.05) is 24.6 Å². The van der Waals surface area contributed by atoms with Crippen LogP contribution < -0.4 is 4.74 Å². The average Bonchev–Trinajstić information content (AvgIpc) is 3.11. The first kappa shape index (κ1) is 16.5. The van der Waals surface area contributed by atoms with Crippen molar-refractivity contribution in [2.24, 2.45) is 5.92 Å². The number of ether oxygens (including phenoxy) is 1. The van der Waals surface area contributed by atoms with Gasteiger partial charge < -0.3 is 14.2 Å². The maximum atomic E-state index is 12.2. The maximum absolute atomic E-state index is 12.2. The Balaban J connectivity index is 1.76. The van der Waals surface area contributed by atoms with Crippen LogP contribution in [-0.2, 0) is 4.79 Å². The maximum Gasteiger partial charge on any atom is 0.231 e. The van der Waals surface area contributed by atoms with E-state index in [1.165, 1.54) is 0 Å². The normalized spacial score (nSPS) is 18.0. The third-order valence-corrected chi connectivity index (χ3v) is 4.35. The van der Waals surface area contributed by atoms with Gasteiger partial charge in [0.1, 0.15) is 5.75 Å². The van der Waals surface area contributed by atoms with Gasteiger partial charge in [-0.3, -0.25) is 4.79 Å². The Kier molecular flexibility index (Phi) is 4.83. The average molecular weight is 329 g/mol. The van der Waals surface area contributed by atoms with Gasteiger partial charge in [0.15, 0.2) is 0 Å². The summed E-state index contributed by atoms with van der Waals surface area (Å²) in [5, 5.41) is 4.10.